The Bertz CT molecular complexity index is 762. The number of hydrogen-bond donors (Lipinski definition) is 0. The summed E-state index contributed by atoms with van der Waals surface area (Å²) >= 11 is 0. The van der Waals surface area contributed by atoms with Crippen LogP contribution in [0.5, 0.6) is 0 Å². The lowest BCUT2D eigenvalue weighted by molar-refractivity contribution is -0.154. The van der Waals surface area contributed by atoms with E-state index in [0.717, 1.165) is 11.1 Å². The smallest absolute Gasteiger partial charge is 0.314 e. The first-order chi connectivity index (χ1) is 12.4. The zero-order valence-corrected chi connectivity index (χ0v) is 15.3. The molecule has 3 atom stereocenters. The van der Waals surface area contributed by atoms with Crippen molar-refractivity contribution >= 4 is 11.9 Å². The standard InChI is InChI=1S/C22H24O4/c1-22(2,3)18-17(20(23)25-14-15-10-6-4-7-11-15)19(26-21(18)24)16-12-8-5-9-13-16/h4-13,17-19H,14H2,1-3H3/t17-,18-,19-/m0/s1. The molecule has 4 nitrogen and oxygen atoms in total. The topological polar surface area (TPSA) is 52.6 Å². The molecule has 0 aromatic heterocycles. The second-order valence-corrected chi connectivity index (χ2v) is 7.73. The van der Waals surface area contributed by atoms with E-state index in [0.29, 0.717) is 0 Å². The molecule has 0 unspecified atom stereocenters. The molecule has 1 aliphatic rings. The maximum atomic E-state index is 13.0. The van der Waals surface area contributed by atoms with Crippen LogP contribution >= 0.6 is 0 Å². The highest BCUT2D eigenvalue weighted by Crippen LogP contribution is 2.47. The van der Waals surface area contributed by atoms with Crippen LogP contribution in [0.25, 0.3) is 0 Å². The summed E-state index contributed by atoms with van der Waals surface area (Å²) < 4.78 is 11.2. The normalized spacial score (nSPS) is 22.7. The molecular weight excluding hydrogens is 328 g/mol. The van der Waals surface area contributed by atoms with E-state index in [2.05, 4.69) is 0 Å². The number of ether oxygens (including phenoxy) is 2. The van der Waals surface area contributed by atoms with Crippen LogP contribution in [0, 0.1) is 17.3 Å². The van der Waals surface area contributed by atoms with Gasteiger partial charge in [-0.05, 0) is 16.5 Å². The molecule has 0 spiro atoms. The second-order valence-electron chi connectivity index (χ2n) is 7.73. The average molecular weight is 352 g/mol. The van der Waals surface area contributed by atoms with Crippen molar-refractivity contribution in [3.8, 4) is 0 Å². The zero-order valence-electron chi connectivity index (χ0n) is 15.3. The number of carbonyl (C=O) groups excluding carboxylic acids is 2. The van der Waals surface area contributed by atoms with Crippen molar-refractivity contribution < 1.29 is 19.1 Å². The number of esters is 2. The molecule has 2 aromatic carbocycles. The molecular formula is C22H24O4. The maximum absolute atomic E-state index is 13.0. The summed E-state index contributed by atoms with van der Waals surface area (Å²) in [7, 11) is 0. The average Bonchev–Trinajstić information content (AvgIpc) is 2.99. The van der Waals surface area contributed by atoms with Crippen molar-refractivity contribution in [2.75, 3.05) is 0 Å². The molecule has 3 rings (SSSR count). The molecule has 136 valence electrons. The predicted octanol–water partition coefficient (Wildman–Crippen LogP) is 4.31. The number of rotatable bonds is 4. The van der Waals surface area contributed by atoms with Crippen molar-refractivity contribution in [1.82, 2.24) is 0 Å². The van der Waals surface area contributed by atoms with E-state index in [9.17, 15) is 9.59 Å². The first-order valence-electron chi connectivity index (χ1n) is 8.84. The van der Waals surface area contributed by atoms with Gasteiger partial charge in [0.25, 0.3) is 0 Å². The summed E-state index contributed by atoms with van der Waals surface area (Å²) in [6, 6.07) is 18.9. The lowest BCUT2D eigenvalue weighted by atomic mass is 9.72. The predicted molar refractivity (Wildman–Crippen MR) is 97.9 cm³/mol. The van der Waals surface area contributed by atoms with E-state index in [1.54, 1.807) is 0 Å². The zero-order chi connectivity index (χ0) is 18.7. The van der Waals surface area contributed by atoms with Gasteiger partial charge >= 0.3 is 11.9 Å². The fourth-order valence-electron chi connectivity index (χ4n) is 3.49. The SMILES string of the molecule is CC(C)(C)[C@@H]1C(=O)O[C@@H](c2ccccc2)[C@H]1C(=O)OCc1ccccc1. The Morgan fingerprint density at radius 2 is 1.58 bits per heavy atom. The Labute approximate surface area is 154 Å². The molecule has 1 fully saturated rings. The van der Waals surface area contributed by atoms with Gasteiger partial charge in [0.2, 0.25) is 0 Å². The summed E-state index contributed by atoms with van der Waals surface area (Å²) in [6.45, 7) is 6.03. The Balaban J connectivity index is 1.86. The van der Waals surface area contributed by atoms with Crippen molar-refractivity contribution in [1.29, 1.82) is 0 Å². The molecule has 0 aliphatic carbocycles. The Morgan fingerprint density at radius 1 is 1.00 bits per heavy atom. The number of cyclic esters (lactones) is 1. The second kappa shape index (κ2) is 7.32. The van der Waals surface area contributed by atoms with E-state index in [-0.39, 0.29) is 12.6 Å². The van der Waals surface area contributed by atoms with Crippen LogP contribution in [0.3, 0.4) is 0 Å². The fraction of sp³-hybridized carbons (Fsp3) is 0.364. The van der Waals surface area contributed by atoms with Gasteiger partial charge in [-0.15, -0.1) is 0 Å². The van der Waals surface area contributed by atoms with Crippen molar-refractivity contribution in [2.45, 2.75) is 33.5 Å². The summed E-state index contributed by atoms with van der Waals surface area (Å²) in [5.41, 5.74) is 1.32. The molecule has 0 radical (unpaired) electrons. The highest BCUT2D eigenvalue weighted by Gasteiger charge is 2.54. The van der Waals surface area contributed by atoms with Crippen molar-refractivity contribution in [3.05, 3.63) is 71.8 Å². The highest BCUT2D eigenvalue weighted by molar-refractivity contribution is 5.86. The largest absolute Gasteiger partial charge is 0.460 e. The minimum absolute atomic E-state index is 0.183. The molecule has 0 bridgehead atoms. The molecule has 2 aromatic rings. The molecule has 26 heavy (non-hydrogen) atoms. The quantitative estimate of drug-likeness (QED) is 0.770. The Hall–Kier alpha value is -2.62. The summed E-state index contributed by atoms with van der Waals surface area (Å²) in [4.78, 5) is 25.5. The molecule has 0 amide bonds. The fourth-order valence-corrected chi connectivity index (χ4v) is 3.49. The highest BCUT2D eigenvalue weighted by atomic mass is 16.6. The van der Waals surface area contributed by atoms with Crippen LogP contribution in [0.4, 0.5) is 0 Å². The van der Waals surface area contributed by atoms with Crippen LogP contribution in [0.1, 0.15) is 38.0 Å². The maximum Gasteiger partial charge on any atom is 0.314 e. The first-order valence-corrected chi connectivity index (χ1v) is 8.84. The van der Waals surface area contributed by atoms with Crippen LogP contribution in [0.15, 0.2) is 60.7 Å². The first kappa shape index (κ1) is 18.2. The lowest BCUT2D eigenvalue weighted by Gasteiger charge is -2.28. The molecule has 1 heterocycles. The minimum Gasteiger partial charge on any atom is -0.460 e. The molecule has 1 saturated heterocycles. The summed E-state index contributed by atoms with van der Waals surface area (Å²) in [6.07, 6.45) is -0.615. The van der Waals surface area contributed by atoms with E-state index in [4.69, 9.17) is 9.47 Å². The number of benzene rings is 2. The van der Waals surface area contributed by atoms with Gasteiger partial charge < -0.3 is 9.47 Å². The number of carbonyl (C=O) groups is 2. The summed E-state index contributed by atoms with van der Waals surface area (Å²) in [5, 5.41) is 0. The third-order valence-corrected chi connectivity index (χ3v) is 4.74. The molecule has 0 N–H and O–H groups in total. The lowest BCUT2D eigenvalue weighted by Crippen LogP contribution is -2.35. The van der Waals surface area contributed by atoms with Crippen molar-refractivity contribution in [2.24, 2.45) is 17.3 Å². The minimum atomic E-state index is -0.659. The summed E-state index contributed by atoms with van der Waals surface area (Å²) in [5.74, 6) is -1.94. The van der Waals surface area contributed by atoms with E-state index >= 15 is 0 Å². The molecule has 4 heteroatoms. The third kappa shape index (κ3) is 3.79. The van der Waals surface area contributed by atoms with Gasteiger partial charge in [0.1, 0.15) is 18.6 Å². The van der Waals surface area contributed by atoms with Gasteiger partial charge in [-0.1, -0.05) is 81.4 Å². The number of hydrogen-bond acceptors (Lipinski definition) is 4. The van der Waals surface area contributed by atoms with Gasteiger partial charge in [-0.2, -0.15) is 0 Å². The monoisotopic (exact) mass is 352 g/mol. The van der Waals surface area contributed by atoms with Crippen molar-refractivity contribution in [3.63, 3.8) is 0 Å². The Morgan fingerprint density at radius 3 is 2.15 bits per heavy atom. The van der Waals surface area contributed by atoms with Crippen LogP contribution in [-0.4, -0.2) is 11.9 Å². The van der Waals surface area contributed by atoms with Gasteiger partial charge in [-0.25, -0.2) is 0 Å². The molecule has 1 aliphatic heterocycles. The van der Waals surface area contributed by atoms with E-state index in [1.807, 2.05) is 81.4 Å². The van der Waals surface area contributed by atoms with Crippen LogP contribution in [-0.2, 0) is 25.7 Å². The third-order valence-electron chi connectivity index (χ3n) is 4.74. The van der Waals surface area contributed by atoms with Crippen LogP contribution < -0.4 is 0 Å². The van der Waals surface area contributed by atoms with Crippen LogP contribution in [0.2, 0.25) is 0 Å². The molecule has 0 saturated carbocycles. The Kier molecular flexibility index (Phi) is 5.12. The van der Waals surface area contributed by atoms with Gasteiger partial charge in [0, 0.05) is 0 Å². The van der Waals surface area contributed by atoms with Gasteiger partial charge in [-0.3, -0.25) is 9.59 Å². The van der Waals surface area contributed by atoms with Gasteiger partial charge in [0.15, 0.2) is 0 Å². The van der Waals surface area contributed by atoms with Gasteiger partial charge in [0.05, 0.1) is 5.92 Å². The van der Waals surface area contributed by atoms with E-state index < -0.39 is 29.3 Å². The van der Waals surface area contributed by atoms with E-state index in [1.165, 1.54) is 0 Å².